The van der Waals surface area contributed by atoms with E-state index in [1.165, 1.54) is 5.56 Å². The monoisotopic (exact) mass is 297 g/mol. The van der Waals surface area contributed by atoms with Crippen LogP contribution in [0.5, 0.6) is 0 Å². The number of hydrogen-bond acceptors (Lipinski definition) is 3. The lowest BCUT2D eigenvalue weighted by atomic mass is 9.95. The fourth-order valence-corrected chi connectivity index (χ4v) is 4.31. The van der Waals surface area contributed by atoms with Crippen LogP contribution in [0, 0.1) is 20.8 Å². The molecule has 1 aromatic carbocycles. The Kier molecular flexibility index (Phi) is 6.21. The van der Waals surface area contributed by atoms with Crippen LogP contribution in [0.4, 0.5) is 0 Å². The maximum absolute atomic E-state index is 12.1. The second kappa shape index (κ2) is 7.23. The van der Waals surface area contributed by atoms with Crippen LogP contribution < -0.4 is 5.73 Å². The van der Waals surface area contributed by atoms with Crippen molar-refractivity contribution in [3.05, 3.63) is 34.4 Å². The molecule has 0 aliphatic carbocycles. The molecule has 0 fully saturated rings. The zero-order valence-electron chi connectivity index (χ0n) is 13.1. The van der Waals surface area contributed by atoms with E-state index < -0.39 is 15.9 Å². The summed E-state index contributed by atoms with van der Waals surface area (Å²) in [4.78, 5) is 0. The lowest BCUT2D eigenvalue weighted by molar-refractivity contribution is 0.583. The van der Waals surface area contributed by atoms with Crippen molar-refractivity contribution in [3.8, 4) is 0 Å². The highest BCUT2D eigenvalue weighted by Gasteiger charge is 2.20. The fourth-order valence-electron chi connectivity index (χ4n) is 2.79. The molecule has 0 aliphatic rings. The average Bonchev–Trinajstić information content (AvgIpc) is 2.26. The van der Waals surface area contributed by atoms with Crippen LogP contribution in [0.3, 0.4) is 0 Å². The van der Waals surface area contributed by atoms with E-state index in [0.717, 1.165) is 36.0 Å². The van der Waals surface area contributed by atoms with Crippen molar-refractivity contribution in [2.45, 2.75) is 53.0 Å². The van der Waals surface area contributed by atoms with E-state index in [9.17, 15) is 8.42 Å². The second-order valence-corrected chi connectivity index (χ2v) is 7.97. The first-order valence-electron chi connectivity index (χ1n) is 7.30. The zero-order chi connectivity index (χ0) is 15.3. The predicted octanol–water partition coefficient (Wildman–Crippen LogP) is 3.22. The molecule has 0 spiro atoms. The smallest absolute Gasteiger partial charge is 0.152 e. The van der Waals surface area contributed by atoms with Gasteiger partial charge < -0.3 is 5.73 Å². The molecular formula is C16H27NO2S. The van der Waals surface area contributed by atoms with Crippen LogP contribution in [-0.4, -0.2) is 19.9 Å². The molecule has 1 atom stereocenters. The number of sulfone groups is 1. The Morgan fingerprint density at radius 1 is 1.10 bits per heavy atom. The Labute approximate surface area is 123 Å². The van der Waals surface area contributed by atoms with Gasteiger partial charge in [0.2, 0.25) is 0 Å². The lowest BCUT2D eigenvalue weighted by Gasteiger charge is -2.18. The number of hydrogen-bond donors (Lipinski definition) is 1. The van der Waals surface area contributed by atoms with Gasteiger partial charge in [0, 0.05) is 6.04 Å². The summed E-state index contributed by atoms with van der Waals surface area (Å²) in [6.07, 6.45) is 2.71. The highest BCUT2D eigenvalue weighted by molar-refractivity contribution is 7.91. The summed E-state index contributed by atoms with van der Waals surface area (Å²) in [7, 11) is -3.07. The molecular weight excluding hydrogens is 270 g/mol. The van der Waals surface area contributed by atoms with E-state index in [4.69, 9.17) is 5.73 Å². The van der Waals surface area contributed by atoms with E-state index in [0.29, 0.717) is 0 Å². The topological polar surface area (TPSA) is 60.2 Å². The number of unbranched alkanes of at least 4 members (excludes halogenated alkanes) is 2. The molecule has 0 saturated heterocycles. The van der Waals surface area contributed by atoms with Gasteiger partial charge in [-0.2, -0.15) is 0 Å². The van der Waals surface area contributed by atoms with Crippen molar-refractivity contribution < 1.29 is 8.42 Å². The van der Waals surface area contributed by atoms with Crippen molar-refractivity contribution in [1.29, 1.82) is 0 Å². The van der Waals surface area contributed by atoms with Crippen LogP contribution in [0.2, 0.25) is 0 Å². The van der Waals surface area contributed by atoms with Gasteiger partial charge in [0.1, 0.15) is 0 Å². The molecule has 1 rings (SSSR count). The number of rotatable bonds is 7. The van der Waals surface area contributed by atoms with Crippen molar-refractivity contribution in [1.82, 2.24) is 0 Å². The molecule has 0 radical (unpaired) electrons. The van der Waals surface area contributed by atoms with E-state index in [2.05, 4.69) is 19.1 Å². The molecule has 0 bridgehead atoms. The van der Waals surface area contributed by atoms with Crippen LogP contribution in [-0.2, 0) is 9.84 Å². The van der Waals surface area contributed by atoms with Gasteiger partial charge in [0.15, 0.2) is 9.84 Å². The quantitative estimate of drug-likeness (QED) is 0.786. The van der Waals surface area contributed by atoms with Crippen molar-refractivity contribution in [2.75, 3.05) is 11.5 Å². The number of nitrogens with two attached hydrogens (primary N) is 1. The van der Waals surface area contributed by atoms with Crippen LogP contribution in [0.15, 0.2) is 12.1 Å². The first-order valence-corrected chi connectivity index (χ1v) is 9.12. The molecule has 1 aromatic rings. The third-order valence-electron chi connectivity index (χ3n) is 3.60. The summed E-state index contributed by atoms with van der Waals surface area (Å²) in [5.74, 6) is 0.292. The molecule has 4 heteroatoms. The van der Waals surface area contributed by atoms with Gasteiger partial charge in [0.05, 0.1) is 11.5 Å². The highest BCUT2D eigenvalue weighted by atomic mass is 32.2. The molecule has 2 N–H and O–H groups in total. The van der Waals surface area contributed by atoms with Crippen LogP contribution in [0.1, 0.15) is 54.5 Å². The Hall–Kier alpha value is -0.870. The Morgan fingerprint density at radius 3 is 2.15 bits per heavy atom. The molecule has 3 nitrogen and oxygen atoms in total. The summed E-state index contributed by atoms with van der Waals surface area (Å²) < 4.78 is 24.2. The summed E-state index contributed by atoms with van der Waals surface area (Å²) in [5, 5.41) is 0. The van der Waals surface area contributed by atoms with Crippen molar-refractivity contribution in [3.63, 3.8) is 0 Å². The van der Waals surface area contributed by atoms with Gasteiger partial charge in [-0.25, -0.2) is 8.42 Å². The Bertz CT molecular complexity index is 527. The second-order valence-electron chi connectivity index (χ2n) is 5.74. The van der Waals surface area contributed by atoms with Crippen LogP contribution >= 0.6 is 0 Å². The maximum Gasteiger partial charge on any atom is 0.152 e. The fraction of sp³-hybridized carbons (Fsp3) is 0.625. The van der Waals surface area contributed by atoms with E-state index >= 15 is 0 Å². The minimum absolute atomic E-state index is 0.0431. The Balaban J connectivity index is 2.84. The normalized spacial score (nSPS) is 13.4. The van der Waals surface area contributed by atoms with Gasteiger partial charge in [-0.05, 0) is 43.9 Å². The third kappa shape index (κ3) is 4.91. The number of benzene rings is 1. The molecule has 1 unspecified atom stereocenters. The minimum Gasteiger partial charge on any atom is -0.323 e. The highest BCUT2D eigenvalue weighted by Crippen LogP contribution is 2.23. The standard InChI is InChI=1S/C16H27NO2S/c1-5-6-7-8-20(18,19)11-15(17)16-13(3)9-12(2)10-14(16)4/h9-10,15H,5-8,11,17H2,1-4H3. The Morgan fingerprint density at radius 2 is 1.65 bits per heavy atom. The van der Waals surface area contributed by atoms with Gasteiger partial charge in [-0.1, -0.05) is 37.5 Å². The summed E-state index contributed by atoms with van der Waals surface area (Å²) in [5.41, 5.74) is 10.5. The van der Waals surface area contributed by atoms with Gasteiger partial charge in [0.25, 0.3) is 0 Å². The molecule has 0 aromatic heterocycles. The molecule has 114 valence electrons. The zero-order valence-corrected chi connectivity index (χ0v) is 13.9. The summed E-state index contributed by atoms with van der Waals surface area (Å²) >= 11 is 0. The predicted molar refractivity (Wildman–Crippen MR) is 85.8 cm³/mol. The SMILES string of the molecule is CCCCCS(=O)(=O)CC(N)c1c(C)cc(C)cc1C. The first-order chi connectivity index (χ1) is 9.26. The molecule has 0 amide bonds. The molecule has 0 aliphatic heterocycles. The van der Waals surface area contributed by atoms with Crippen molar-refractivity contribution in [2.24, 2.45) is 5.73 Å². The summed E-state index contributed by atoms with van der Waals surface area (Å²) in [6.45, 7) is 8.10. The first kappa shape index (κ1) is 17.2. The van der Waals surface area contributed by atoms with E-state index in [1.807, 2.05) is 20.8 Å². The minimum atomic E-state index is -3.07. The number of aryl methyl sites for hydroxylation is 3. The molecule has 0 saturated carbocycles. The van der Waals surface area contributed by atoms with Gasteiger partial charge >= 0.3 is 0 Å². The third-order valence-corrected chi connectivity index (χ3v) is 5.38. The average molecular weight is 297 g/mol. The largest absolute Gasteiger partial charge is 0.323 e. The molecule has 0 heterocycles. The van der Waals surface area contributed by atoms with Crippen molar-refractivity contribution >= 4 is 9.84 Å². The lowest BCUT2D eigenvalue weighted by Crippen LogP contribution is -2.25. The van der Waals surface area contributed by atoms with E-state index in [1.54, 1.807) is 0 Å². The van der Waals surface area contributed by atoms with Crippen LogP contribution in [0.25, 0.3) is 0 Å². The van der Waals surface area contributed by atoms with E-state index in [-0.39, 0.29) is 11.5 Å². The van der Waals surface area contributed by atoms with Gasteiger partial charge in [-0.15, -0.1) is 0 Å². The molecule has 20 heavy (non-hydrogen) atoms. The van der Waals surface area contributed by atoms with Gasteiger partial charge in [-0.3, -0.25) is 0 Å². The summed E-state index contributed by atoms with van der Waals surface area (Å²) in [6, 6.07) is 3.69. The maximum atomic E-state index is 12.1.